The fourth-order valence-electron chi connectivity index (χ4n) is 3.14. The van der Waals surface area contributed by atoms with Crippen molar-refractivity contribution in [2.24, 2.45) is 0 Å². The van der Waals surface area contributed by atoms with Gasteiger partial charge in [-0.3, -0.25) is 9.89 Å². The van der Waals surface area contributed by atoms with Gasteiger partial charge in [0.1, 0.15) is 16.6 Å². The molecule has 0 spiro atoms. The molecule has 0 aliphatic rings. The molecule has 0 atom stereocenters. The molecule has 4 aromatic rings. The third-order valence-corrected chi connectivity index (χ3v) is 5.57. The molecule has 2 N–H and O–H groups in total. The van der Waals surface area contributed by atoms with Gasteiger partial charge in [-0.15, -0.1) is 11.3 Å². The number of aliphatic carboxylic acids is 1. The number of aromatic nitrogens is 3. The third kappa shape index (κ3) is 4.07. The van der Waals surface area contributed by atoms with Gasteiger partial charge in [0, 0.05) is 16.6 Å². The van der Waals surface area contributed by atoms with E-state index in [9.17, 15) is 18.7 Å². The van der Waals surface area contributed by atoms with E-state index in [2.05, 4.69) is 10.2 Å². The van der Waals surface area contributed by atoms with Gasteiger partial charge in [-0.25, -0.2) is 13.8 Å². The monoisotopic (exact) mass is 411 g/mol. The molecule has 0 aliphatic heterocycles. The van der Waals surface area contributed by atoms with E-state index in [-0.39, 0.29) is 18.1 Å². The molecule has 0 saturated carbocycles. The number of nitrogens with one attached hydrogen (secondary N) is 1. The number of carboxylic acids is 1. The molecule has 2 aromatic heterocycles. The predicted octanol–water partition coefficient (Wildman–Crippen LogP) is 4.62. The van der Waals surface area contributed by atoms with E-state index in [4.69, 9.17) is 4.98 Å². The number of carbonyl (C=O) groups is 1. The van der Waals surface area contributed by atoms with Crippen molar-refractivity contribution < 1.29 is 18.7 Å². The van der Waals surface area contributed by atoms with Crippen LogP contribution in [0, 0.1) is 11.6 Å². The van der Waals surface area contributed by atoms with Crippen molar-refractivity contribution in [2.75, 3.05) is 0 Å². The first-order chi connectivity index (χ1) is 14.0. The normalized spacial score (nSPS) is 11.1. The SMILES string of the molecule is O=C(O)Cc1sc(C(c2ccc(F)cc2)c2ccc(F)cc2)nc1-c1cn[nH]c1. The number of nitrogens with zero attached hydrogens (tertiary/aromatic N) is 2. The lowest BCUT2D eigenvalue weighted by Crippen LogP contribution is -2.03. The van der Waals surface area contributed by atoms with Crippen LogP contribution in [-0.4, -0.2) is 26.3 Å². The lowest BCUT2D eigenvalue weighted by Gasteiger charge is -2.16. The summed E-state index contributed by atoms with van der Waals surface area (Å²) in [7, 11) is 0. The van der Waals surface area contributed by atoms with E-state index in [0.717, 1.165) is 11.1 Å². The Kier molecular flexibility index (Phi) is 5.18. The van der Waals surface area contributed by atoms with Crippen molar-refractivity contribution >= 4 is 17.3 Å². The summed E-state index contributed by atoms with van der Waals surface area (Å²) in [4.78, 5) is 16.7. The zero-order valence-electron chi connectivity index (χ0n) is 15.0. The van der Waals surface area contributed by atoms with Gasteiger partial charge in [0.05, 0.1) is 24.2 Å². The van der Waals surface area contributed by atoms with Crippen LogP contribution >= 0.6 is 11.3 Å². The number of hydrogen-bond acceptors (Lipinski definition) is 4. The molecular formula is C21H15F2N3O2S. The number of H-pyrrole nitrogens is 1. The van der Waals surface area contributed by atoms with Crippen LogP contribution in [0.15, 0.2) is 60.9 Å². The highest BCUT2D eigenvalue weighted by Gasteiger charge is 2.25. The zero-order chi connectivity index (χ0) is 20.4. The Morgan fingerprint density at radius 2 is 1.62 bits per heavy atom. The number of thiazole rings is 1. The Morgan fingerprint density at radius 3 is 2.10 bits per heavy atom. The number of benzene rings is 2. The first kappa shape index (κ1) is 18.9. The average molecular weight is 411 g/mol. The molecule has 0 aliphatic carbocycles. The van der Waals surface area contributed by atoms with Crippen molar-refractivity contribution in [3.8, 4) is 11.3 Å². The molecule has 29 heavy (non-hydrogen) atoms. The first-order valence-corrected chi connectivity index (χ1v) is 9.54. The fourth-order valence-corrected chi connectivity index (χ4v) is 4.38. The number of hydrogen-bond donors (Lipinski definition) is 2. The Morgan fingerprint density at radius 1 is 1.03 bits per heavy atom. The van der Waals surface area contributed by atoms with Gasteiger partial charge >= 0.3 is 5.97 Å². The molecule has 0 fully saturated rings. The highest BCUT2D eigenvalue weighted by molar-refractivity contribution is 7.12. The maximum atomic E-state index is 13.5. The Bertz CT molecular complexity index is 1080. The summed E-state index contributed by atoms with van der Waals surface area (Å²) in [5.74, 6) is -2.09. The van der Waals surface area contributed by atoms with Gasteiger partial charge in [0.15, 0.2) is 0 Å². The first-order valence-electron chi connectivity index (χ1n) is 8.72. The summed E-state index contributed by atoms with van der Waals surface area (Å²) < 4.78 is 26.9. The van der Waals surface area contributed by atoms with Gasteiger partial charge in [-0.2, -0.15) is 5.10 Å². The van der Waals surface area contributed by atoms with E-state index in [1.54, 1.807) is 36.7 Å². The second-order valence-corrected chi connectivity index (χ2v) is 7.53. The summed E-state index contributed by atoms with van der Waals surface area (Å²) in [6.45, 7) is 0. The van der Waals surface area contributed by atoms with Crippen molar-refractivity contribution in [3.63, 3.8) is 0 Å². The second-order valence-electron chi connectivity index (χ2n) is 6.42. The lowest BCUT2D eigenvalue weighted by molar-refractivity contribution is -0.136. The molecule has 0 unspecified atom stereocenters. The summed E-state index contributed by atoms with van der Waals surface area (Å²) in [5.41, 5.74) is 2.76. The standard InChI is InChI=1S/C21H15F2N3O2S/c22-15-5-1-12(2-6-15)19(13-3-7-16(23)8-4-13)21-26-20(14-10-24-25-11-14)17(29-21)9-18(27)28/h1-8,10-11,19H,9H2,(H,24,25)(H,27,28). The van der Waals surface area contributed by atoms with Gasteiger partial charge in [0.2, 0.25) is 0 Å². The maximum absolute atomic E-state index is 13.5. The van der Waals surface area contributed by atoms with Crippen molar-refractivity contribution in [2.45, 2.75) is 12.3 Å². The highest BCUT2D eigenvalue weighted by atomic mass is 32.1. The summed E-state index contributed by atoms with van der Waals surface area (Å²) in [6.07, 6.45) is 3.04. The van der Waals surface area contributed by atoms with E-state index in [1.165, 1.54) is 35.6 Å². The van der Waals surface area contributed by atoms with Crippen LogP contribution < -0.4 is 0 Å². The van der Waals surface area contributed by atoms with Crippen molar-refractivity contribution in [1.29, 1.82) is 0 Å². The fraction of sp³-hybridized carbons (Fsp3) is 0.0952. The molecule has 2 aromatic carbocycles. The Hall–Kier alpha value is -3.39. The minimum atomic E-state index is -0.968. The van der Waals surface area contributed by atoms with Crippen LogP contribution in [0.4, 0.5) is 8.78 Å². The Labute approximate surface area is 168 Å². The van der Waals surface area contributed by atoms with E-state index < -0.39 is 11.9 Å². The molecule has 146 valence electrons. The molecule has 8 heteroatoms. The van der Waals surface area contributed by atoms with Crippen molar-refractivity contribution in [1.82, 2.24) is 15.2 Å². The van der Waals surface area contributed by atoms with Gasteiger partial charge in [0.25, 0.3) is 0 Å². The smallest absolute Gasteiger partial charge is 0.308 e. The van der Waals surface area contributed by atoms with Gasteiger partial charge in [-0.1, -0.05) is 24.3 Å². The minimum absolute atomic E-state index is 0.183. The van der Waals surface area contributed by atoms with E-state index in [0.29, 0.717) is 21.1 Å². The van der Waals surface area contributed by atoms with E-state index in [1.807, 2.05) is 0 Å². The number of carboxylic acid groups (broad SMARTS) is 1. The van der Waals surface area contributed by atoms with Crippen LogP contribution in [0.2, 0.25) is 0 Å². The number of rotatable bonds is 6. The number of aromatic amines is 1. The van der Waals surface area contributed by atoms with Crippen LogP contribution in [0.5, 0.6) is 0 Å². The largest absolute Gasteiger partial charge is 0.481 e. The predicted molar refractivity (Wildman–Crippen MR) is 105 cm³/mol. The minimum Gasteiger partial charge on any atom is -0.481 e. The average Bonchev–Trinajstić information content (AvgIpc) is 3.35. The van der Waals surface area contributed by atoms with Crippen LogP contribution in [-0.2, 0) is 11.2 Å². The van der Waals surface area contributed by atoms with Crippen LogP contribution in [0.25, 0.3) is 11.3 Å². The van der Waals surface area contributed by atoms with Crippen molar-refractivity contribution in [3.05, 3.63) is 93.6 Å². The highest BCUT2D eigenvalue weighted by Crippen LogP contribution is 2.38. The Balaban J connectivity index is 1.87. The molecule has 2 heterocycles. The van der Waals surface area contributed by atoms with E-state index >= 15 is 0 Å². The van der Waals surface area contributed by atoms with Crippen LogP contribution in [0.1, 0.15) is 26.9 Å². The van der Waals surface area contributed by atoms with Gasteiger partial charge < -0.3 is 5.11 Å². The molecule has 4 rings (SSSR count). The topological polar surface area (TPSA) is 78.9 Å². The maximum Gasteiger partial charge on any atom is 0.308 e. The molecule has 0 saturated heterocycles. The summed E-state index contributed by atoms with van der Waals surface area (Å²) in [5, 5.41) is 16.6. The third-order valence-electron chi connectivity index (χ3n) is 4.45. The molecule has 0 bridgehead atoms. The molecule has 0 amide bonds. The summed E-state index contributed by atoms with van der Waals surface area (Å²) in [6, 6.07) is 12.0. The molecule has 5 nitrogen and oxygen atoms in total. The second kappa shape index (κ2) is 7.92. The zero-order valence-corrected chi connectivity index (χ0v) is 15.8. The molecular weight excluding hydrogens is 396 g/mol. The quantitative estimate of drug-likeness (QED) is 0.485. The summed E-state index contributed by atoms with van der Waals surface area (Å²) >= 11 is 1.27. The van der Waals surface area contributed by atoms with Crippen LogP contribution in [0.3, 0.4) is 0 Å². The number of halogens is 2. The lowest BCUT2D eigenvalue weighted by atomic mass is 9.92. The van der Waals surface area contributed by atoms with Gasteiger partial charge in [-0.05, 0) is 35.4 Å². The molecule has 0 radical (unpaired) electrons.